The van der Waals surface area contributed by atoms with E-state index in [1.807, 2.05) is 60.7 Å². The molecule has 1 fully saturated rings. The highest BCUT2D eigenvalue weighted by Gasteiger charge is 2.40. The van der Waals surface area contributed by atoms with E-state index < -0.39 is 11.4 Å². The first-order chi connectivity index (χ1) is 14.0. The largest absolute Gasteiger partial charge is 0.481 e. The van der Waals surface area contributed by atoms with Crippen LogP contribution in [-0.4, -0.2) is 49.7 Å². The Balaban J connectivity index is 1.72. The smallest absolute Gasteiger partial charge is 0.311 e. The number of likely N-dealkylation sites (tertiary alicyclic amines) is 1. The van der Waals surface area contributed by atoms with E-state index in [9.17, 15) is 14.7 Å². The number of aromatic nitrogens is 3. The lowest BCUT2D eigenvalue weighted by Gasteiger charge is -2.36. The van der Waals surface area contributed by atoms with E-state index in [0.717, 1.165) is 11.3 Å². The van der Waals surface area contributed by atoms with Gasteiger partial charge < -0.3 is 10.0 Å². The number of para-hydroxylation sites is 1. The van der Waals surface area contributed by atoms with Crippen LogP contribution in [0.25, 0.3) is 17.1 Å². The summed E-state index contributed by atoms with van der Waals surface area (Å²) >= 11 is 0. The second kappa shape index (κ2) is 7.50. The molecule has 7 heteroatoms. The molecular weight excluding hydrogens is 368 g/mol. The molecule has 1 unspecified atom stereocenters. The highest BCUT2D eigenvalue weighted by atomic mass is 16.4. The second-order valence-corrected chi connectivity index (χ2v) is 7.57. The van der Waals surface area contributed by atoms with Crippen molar-refractivity contribution in [3.8, 4) is 17.1 Å². The van der Waals surface area contributed by atoms with Gasteiger partial charge in [-0.1, -0.05) is 48.5 Å². The monoisotopic (exact) mass is 390 g/mol. The molecule has 1 aliphatic heterocycles. The van der Waals surface area contributed by atoms with Gasteiger partial charge >= 0.3 is 5.97 Å². The van der Waals surface area contributed by atoms with Crippen molar-refractivity contribution >= 4 is 11.9 Å². The molecule has 148 valence electrons. The van der Waals surface area contributed by atoms with Crippen LogP contribution in [0.2, 0.25) is 0 Å². The lowest BCUT2D eigenvalue weighted by molar-refractivity contribution is -0.150. The topological polar surface area (TPSA) is 88.3 Å². The lowest BCUT2D eigenvalue weighted by Crippen LogP contribution is -2.48. The molecule has 1 N–H and O–H groups in total. The van der Waals surface area contributed by atoms with Gasteiger partial charge in [0.25, 0.3) is 5.91 Å². The quantitative estimate of drug-likeness (QED) is 0.739. The summed E-state index contributed by atoms with van der Waals surface area (Å²) in [4.78, 5) is 30.9. The molecule has 0 aliphatic carbocycles. The van der Waals surface area contributed by atoms with Crippen LogP contribution in [0.5, 0.6) is 0 Å². The van der Waals surface area contributed by atoms with Crippen LogP contribution >= 0.6 is 0 Å². The number of nitrogens with zero attached hydrogens (tertiary/aromatic N) is 4. The van der Waals surface area contributed by atoms with Crippen LogP contribution in [0.1, 0.15) is 30.4 Å². The molecule has 1 amide bonds. The summed E-state index contributed by atoms with van der Waals surface area (Å²) in [5, 5.41) is 14.0. The fraction of sp³-hybridized carbons (Fsp3) is 0.273. The van der Waals surface area contributed by atoms with Crippen molar-refractivity contribution in [1.29, 1.82) is 0 Å². The van der Waals surface area contributed by atoms with E-state index in [0.29, 0.717) is 25.2 Å². The highest BCUT2D eigenvalue weighted by molar-refractivity contribution is 5.91. The molecule has 1 atom stereocenters. The zero-order valence-electron chi connectivity index (χ0n) is 16.2. The number of carboxylic acids is 1. The number of benzene rings is 2. The summed E-state index contributed by atoms with van der Waals surface area (Å²) in [5.41, 5.74) is 0.696. The van der Waals surface area contributed by atoms with Crippen molar-refractivity contribution in [2.75, 3.05) is 13.1 Å². The van der Waals surface area contributed by atoms with E-state index >= 15 is 0 Å². The molecule has 7 nitrogen and oxygen atoms in total. The minimum Gasteiger partial charge on any atom is -0.481 e. The number of carbonyl (C=O) groups excluding carboxylic acids is 1. The maximum absolute atomic E-state index is 13.1. The van der Waals surface area contributed by atoms with Crippen molar-refractivity contribution < 1.29 is 14.7 Å². The van der Waals surface area contributed by atoms with Crippen LogP contribution in [0.4, 0.5) is 0 Å². The van der Waals surface area contributed by atoms with Gasteiger partial charge in [-0.05, 0) is 31.9 Å². The summed E-state index contributed by atoms with van der Waals surface area (Å²) in [6.07, 6.45) is 1.19. The summed E-state index contributed by atoms with van der Waals surface area (Å²) in [6, 6.07) is 19.1. The Kier molecular flexibility index (Phi) is 4.88. The number of aliphatic carboxylic acids is 1. The Hall–Kier alpha value is -3.48. The Morgan fingerprint density at radius 2 is 1.69 bits per heavy atom. The number of rotatable bonds is 4. The maximum Gasteiger partial charge on any atom is 0.311 e. The molecule has 0 saturated carbocycles. The fourth-order valence-corrected chi connectivity index (χ4v) is 3.65. The third kappa shape index (κ3) is 3.63. The van der Waals surface area contributed by atoms with Gasteiger partial charge in [0.2, 0.25) is 5.82 Å². The first-order valence-electron chi connectivity index (χ1n) is 9.58. The Labute approximate surface area is 168 Å². The number of hydrogen-bond donors (Lipinski definition) is 1. The average Bonchev–Trinajstić information content (AvgIpc) is 3.20. The molecule has 1 aliphatic rings. The van der Waals surface area contributed by atoms with Gasteiger partial charge in [-0.3, -0.25) is 9.59 Å². The van der Waals surface area contributed by atoms with Crippen molar-refractivity contribution in [3.63, 3.8) is 0 Å². The van der Waals surface area contributed by atoms with E-state index in [1.54, 1.807) is 16.5 Å². The molecule has 3 aromatic rings. The van der Waals surface area contributed by atoms with Crippen molar-refractivity contribution in [2.24, 2.45) is 5.41 Å². The van der Waals surface area contributed by atoms with Crippen LogP contribution in [0, 0.1) is 5.41 Å². The predicted molar refractivity (Wildman–Crippen MR) is 108 cm³/mol. The summed E-state index contributed by atoms with van der Waals surface area (Å²) in [7, 11) is 0. The molecule has 2 heterocycles. The first kappa shape index (κ1) is 18.9. The van der Waals surface area contributed by atoms with Crippen LogP contribution in [0.15, 0.2) is 60.7 Å². The second-order valence-electron chi connectivity index (χ2n) is 7.57. The molecule has 1 saturated heterocycles. The number of carbonyl (C=O) groups is 2. The fourth-order valence-electron chi connectivity index (χ4n) is 3.65. The SMILES string of the molecule is CC1(C(=O)O)CCCN(C(=O)c2nc(-c3ccccc3)n(-c3ccccc3)n2)C1. The van der Waals surface area contributed by atoms with Crippen LogP contribution in [0.3, 0.4) is 0 Å². The average molecular weight is 390 g/mol. The molecule has 0 radical (unpaired) electrons. The van der Waals surface area contributed by atoms with Crippen molar-refractivity contribution in [2.45, 2.75) is 19.8 Å². The van der Waals surface area contributed by atoms with E-state index in [2.05, 4.69) is 10.1 Å². The lowest BCUT2D eigenvalue weighted by atomic mass is 9.82. The molecule has 2 aromatic carbocycles. The Morgan fingerprint density at radius 1 is 1.03 bits per heavy atom. The van der Waals surface area contributed by atoms with Gasteiger partial charge in [0.05, 0.1) is 11.1 Å². The van der Waals surface area contributed by atoms with Crippen molar-refractivity contribution in [3.05, 3.63) is 66.5 Å². The summed E-state index contributed by atoms with van der Waals surface area (Å²) < 4.78 is 1.66. The number of amides is 1. The van der Waals surface area contributed by atoms with Gasteiger partial charge in [0, 0.05) is 18.7 Å². The van der Waals surface area contributed by atoms with Gasteiger partial charge in [-0.25, -0.2) is 9.67 Å². The zero-order valence-corrected chi connectivity index (χ0v) is 16.2. The normalized spacial score (nSPS) is 19.1. The Morgan fingerprint density at radius 3 is 2.34 bits per heavy atom. The Bertz CT molecular complexity index is 976. The molecule has 4 rings (SSSR count). The van der Waals surface area contributed by atoms with E-state index in [-0.39, 0.29) is 18.3 Å². The highest BCUT2D eigenvalue weighted by Crippen LogP contribution is 2.30. The standard InChI is InChI=1S/C22H22N4O3/c1-22(21(28)29)13-8-14-25(15-22)20(27)18-23-19(16-9-4-2-5-10-16)26(24-18)17-11-6-3-7-12-17/h2-7,9-12H,8,13-15H2,1H3,(H,28,29). The third-order valence-corrected chi connectivity index (χ3v) is 5.33. The van der Waals surface area contributed by atoms with Crippen molar-refractivity contribution in [1.82, 2.24) is 19.7 Å². The van der Waals surface area contributed by atoms with E-state index in [4.69, 9.17) is 0 Å². The van der Waals surface area contributed by atoms with Gasteiger partial charge in [-0.15, -0.1) is 5.10 Å². The molecule has 0 bridgehead atoms. The number of carboxylic acid groups (broad SMARTS) is 1. The van der Waals surface area contributed by atoms with Crippen LogP contribution in [-0.2, 0) is 4.79 Å². The maximum atomic E-state index is 13.1. The minimum absolute atomic E-state index is 0.0716. The van der Waals surface area contributed by atoms with Gasteiger partial charge in [0.1, 0.15) is 0 Å². The molecular formula is C22H22N4O3. The third-order valence-electron chi connectivity index (χ3n) is 5.33. The molecule has 29 heavy (non-hydrogen) atoms. The van der Waals surface area contributed by atoms with Crippen LogP contribution < -0.4 is 0 Å². The van der Waals surface area contributed by atoms with Gasteiger partial charge in [0.15, 0.2) is 5.82 Å². The first-order valence-corrected chi connectivity index (χ1v) is 9.58. The predicted octanol–water partition coefficient (Wildman–Crippen LogP) is 3.26. The summed E-state index contributed by atoms with van der Waals surface area (Å²) in [6.45, 7) is 2.34. The van der Waals surface area contributed by atoms with Gasteiger partial charge in [-0.2, -0.15) is 0 Å². The summed E-state index contributed by atoms with van der Waals surface area (Å²) in [5.74, 6) is -0.590. The zero-order chi connectivity index (χ0) is 20.4. The minimum atomic E-state index is -0.946. The molecule has 0 spiro atoms. The number of piperidine rings is 1. The van der Waals surface area contributed by atoms with E-state index in [1.165, 1.54) is 0 Å². The molecule has 1 aromatic heterocycles. The number of hydrogen-bond acceptors (Lipinski definition) is 4.